The minimum Gasteiger partial charge on any atom is -0.481 e. The molecule has 20 heavy (non-hydrogen) atoms. The van der Waals surface area contributed by atoms with Crippen LogP contribution >= 0.6 is 0 Å². The van der Waals surface area contributed by atoms with Gasteiger partial charge in [0, 0.05) is 20.0 Å². The number of aromatic nitrogens is 2. The van der Waals surface area contributed by atoms with E-state index in [0.29, 0.717) is 38.4 Å². The first kappa shape index (κ1) is 14.4. The maximum Gasteiger partial charge on any atom is 0.342 e. The zero-order valence-corrected chi connectivity index (χ0v) is 11.6. The Morgan fingerprint density at radius 2 is 2.30 bits per heavy atom. The Kier molecular flexibility index (Phi) is 3.76. The van der Waals surface area contributed by atoms with Crippen LogP contribution < -0.4 is 0 Å². The van der Waals surface area contributed by atoms with Gasteiger partial charge in [-0.15, -0.1) is 0 Å². The van der Waals surface area contributed by atoms with Gasteiger partial charge in [0.15, 0.2) is 5.82 Å². The first-order valence-electron chi connectivity index (χ1n) is 6.46. The topological polar surface area (TPSA) is 102 Å². The number of aliphatic carboxylic acids is 1. The van der Waals surface area contributed by atoms with Crippen LogP contribution in [0.25, 0.3) is 0 Å². The van der Waals surface area contributed by atoms with Gasteiger partial charge in [-0.1, -0.05) is 0 Å². The fourth-order valence-electron chi connectivity index (χ4n) is 2.54. The molecule has 1 aromatic heterocycles. The van der Waals surface area contributed by atoms with Crippen molar-refractivity contribution in [3.8, 4) is 0 Å². The van der Waals surface area contributed by atoms with Crippen LogP contribution in [0.4, 0.5) is 5.82 Å². The van der Waals surface area contributed by atoms with E-state index < -0.39 is 16.3 Å². The number of carbonyl (C=O) groups is 1. The minimum absolute atomic E-state index is 0.0253. The lowest BCUT2D eigenvalue weighted by atomic mass is 9.90. The molecule has 2 heterocycles. The smallest absolute Gasteiger partial charge is 0.342 e. The summed E-state index contributed by atoms with van der Waals surface area (Å²) in [5.74, 6) is -0.218. The highest BCUT2D eigenvalue weighted by molar-refractivity contribution is 5.74. The van der Waals surface area contributed by atoms with Crippen molar-refractivity contribution in [2.24, 2.45) is 5.41 Å². The van der Waals surface area contributed by atoms with Gasteiger partial charge in [0.2, 0.25) is 0 Å². The monoisotopic (exact) mass is 282 g/mol. The van der Waals surface area contributed by atoms with Crippen LogP contribution in [0.1, 0.15) is 19.2 Å². The number of rotatable bonds is 5. The average Bonchev–Trinajstić information content (AvgIpc) is 2.92. The summed E-state index contributed by atoms with van der Waals surface area (Å²) >= 11 is 0. The Morgan fingerprint density at radius 1 is 1.60 bits per heavy atom. The van der Waals surface area contributed by atoms with Crippen molar-refractivity contribution in [1.29, 1.82) is 0 Å². The van der Waals surface area contributed by atoms with E-state index >= 15 is 0 Å². The van der Waals surface area contributed by atoms with E-state index in [1.165, 1.54) is 6.20 Å². The maximum atomic E-state index is 11.2. The van der Waals surface area contributed by atoms with Crippen molar-refractivity contribution in [3.63, 3.8) is 0 Å². The number of nitro groups is 1. The third-order valence-electron chi connectivity index (χ3n) is 3.93. The Bertz CT molecular complexity index is 542. The predicted octanol–water partition coefficient (Wildman–Crippen LogP) is 0.896. The van der Waals surface area contributed by atoms with Crippen molar-refractivity contribution < 1.29 is 14.8 Å². The summed E-state index contributed by atoms with van der Waals surface area (Å²) in [5, 5.41) is 20.0. The molecule has 1 fully saturated rings. The number of hydrogen-bond acceptors (Lipinski definition) is 5. The highest BCUT2D eigenvalue weighted by atomic mass is 16.6. The molecule has 0 aromatic carbocycles. The largest absolute Gasteiger partial charge is 0.481 e. The molecule has 0 radical (unpaired) electrons. The van der Waals surface area contributed by atoms with Crippen LogP contribution in [0.3, 0.4) is 0 Å². The first-order valence-corrected chi connectivity index (χ1v) is 6.46. The lowest BCUT2D eigenvalue weighted by Gasteiger charge is -2.19. The van der Waals surface area contributed by atoms with Crippen LogP contribution in [0.2, 0.25) is 0 Å². The Balaban J connectivity index is 1.99. The van der Waals surface area contributed by atoms with Crippen molar-refractivity contribution in [3.05, 3.63) is 22.1 Å². The molecule has 2 rings (SSSR count). The molecule has 110 valence electrons. The molecule has 8 heteroatoms. The lowest BCUT2D eigenvalue weighted by molar-refractivity contribution is -0.392. The molecule has 1 aromatic rings. The SMILES string of the molecule is Cc1ncc([N+](=O)[O-])n1CCN1CCC(C)(C(=O)O)C1. The molecule has 1 saturated heterocycles. The summed E-state index contributed by atoms with van der Waals surface area (Å²) in [7, 11) is 0. The molecule has 1 atom stereocenters. The summed E-state index contributed by atoms with van der Waals surface area (Å²) in [5.41, 5.74) is -0.712. The highest BCUT2D eigenvalue weighted by Crippen LogP contribution is 2.30. The van der Waals surface area contributed by atoms with E-state index in [1.54, 1.807) is 18.4 Å². The predicted molar refractivity (Wildman–Crippen MR) is 70.4 cm³/mol. The molecule has 0 saturated carbocycles. The Labute approximate surface area is 116 Å². The highest BCUT2D eigenvalue weighted by Gasteiger charge is 2.40. The maximum absolute atomic E-state index is 11.2. The van der Waals surface area contributed by atoms with Gasteiger partial charge >= 0.3 is 11.8 Å². The second-order valence-electron chi connectivity index (χ2n) is 5.46. The van der Waals surface area contributed by atoms with Crippen LogP contribution in [0.15, 0.2) is 6.20 Å². The normalized spacial score (nSPS) is 23.1. The lowest BCUT2D eigenvalue weighted by Crippen LogP contribution is -2.33. The van der Waals surface area contributed by atoms with Crippen molar-refractivity contribution in [2.45, 2.75) is 26.8 Å². The molecule has 1 aliphatic rings. The zero-order chi connectivity index (χ0) is 14.9. The van der Waals surface area contributed by atoms with E-state index in [0.717, 1.165) is 0 Å². The number of carboxylic acid groups (broad SMARTS) is 1. The quantitative estimate of drug-likeness (QED) is 0.636. The Morgan fingerprint density at radius 3 is 2.85 bits per heavy atom. The molecular weight excluding hydrogens is 264 g/mol. The van der Waals surface area contributed by atoms with Gasteiger partial charge in [-0.2, -0.15) is 0 Å². The average molecular weight is 282 g/mol. The van der Waals surface area contributed by atoms with Crippen LogP contribution in [-0.2, 0) is 11.3 Å². The molecule has 1 N–H and O–H groups in total. The molecule has 0 amide bonds. The van der Waals surface area contributed by atoms with E-state index in [1.807, 2.05) is 4.90 Å². The van der Waals surface area contributed by atoms with Crippen LogP contribution in [0.5, 0.6) is 0 Å². The molecule has 0 bridgehead atoms. The van der Waals surface area contributed by atoms with Gasteiger partial charge < -0.3 is 15.2 Å². The number of aryl methyl sites for hydroxylation is 1. The number of likely N-dealkylation sites (tertiary alicyclic amines) is 1. The van der Waals surface area contributed by atoms with Gasteiger partial charge in [-0.3, -0.25) is 9.69 Å². The fourth-order valence-corrected chi connectivity index (χ4v) is 2.54. The fraction of sp³-hybridized carbons (Fsp3) is 0.667. The van der Waals surface area contributed by atoms with Crippen LogP contribution in [0, 0.1) is 22.5 Å². The second kappa shape index (κ2) is 5.20. The van der Waals surface area contributed by atoms with Gasteiger partial charge in [0.25, 0.3) is 0 Å². The summed E-state index contributed by atoms with van der Waals surface area (Å²) in [6.45, 7) is 5.66. The number of nitrogens with zero attached hydrogens (tertiary/aromatic N) is 4. The van der Waals surface area contributed by atoms with E-state index in [4.69, 9.17) is 0 Å². The second-order valence-corrected chi connectivity index (χ2v) is 5.46. The van der Waals surface area contributed by atoms with Crippen molar-refractivity contribution in [1.82, 2.24) is 14.5 Å². The summed E-state index contributed by atoms with van der Waals surface area (Å²) in [6, 6.07) is 0. The van der Waals surface area contributed by atoms with Crippen molar-refractivity contribution >= 4 is 11.8 Å². The third-order valence-corrected chi connectivity index (χ3v) is 3.93. The standard InChI is InChI=1S/C12H18N4O4/c1-9-13-7-10(16(19)20)15(9)6-5-14-4-3-12(2,8-14)11(17)18/h7H,3-6,8H2,1-2H3,(H,17,18). The van der Waals surface area contributed by atoms with Crippen molar-refractivity contribution in [2.75, 3.05) is 19.6 Å². The van der Waals surface area contributed by atoms with Gasteiger partial charge in [-0.05, 0) is 24.8 Å². The summed E-state index contributed by atoms with van der Waals surface area (Å²) in [6.07, 6.45) is 1.86. The first-order chi connectivity index (χ1) is 9.33. The number of carboxylic acids is 1. The Hall–Kier alpha value is -1.96. The van der Waals surface area contributed by atoms with Gasteiger partial charge in [0.1, 0.15) is 12.7 Å². The van der Waals surface area contributed by atoms with E-state index in [9.17, 15) is 20.0 Å². The molecular formula is C12H18N4O4. The van der Waals surface area contributed by atoms with E-state index in [2.05, 4.69) is 4.98 Å². The molecule has 0 spiro atoms. The summed E-state index contributed by atoms with van der Waals surface area (Å²) in [4.78, 5) is 27.6. The molecule has 1 aliphatic heterocycles. The number of hydrogen-bond donors (Lipinski definition) is 1. The summed E-state index contributed by atoms with van der Waals surface area (Å²) < 4.78 is 1.55. The molecule has 0 aliphatic carbocycles. The van der Waals surface area contributed by atoms with E-state index in [-0.39, 0.29) is 5.82 Å². The zero-order valence-electron chi connectivity index (χ0n) is 11.6. The van der Waals surface area contributed by atoms with Gasteiger partial charge in [0.05, 0.1) is 5.41 Å². The minimum atomic E-state index is -0.787. The van der Waals surface area contributed by atoms with Gasteiger partial charge in [-0.25, -0.2) is 9.55 Å². The van der Waals surface area contributed by atoms with Crippen LogP contribution in [-0.4, -0.2) is 50.1 Å². The third kappa shape index (κ3) is 2.64. The molecule has 8 nitrogen and oxygen atoms in total. The number of imidazole rings is 1. The molecule has 1 unspecified atom stereocenters.